The largest absolute Gasteiger partial charge is 0.459 e. The molecule has 18 atom stereocenters. The minimum atomic E-state index is -1.92. The van der Waals surface area contributed by atoms with E-state index >= 15 is 0 Å². The number of fused-ring (bicyclic) bond motifs is 1. The molecule has 7 rings (SSSR count). The molecule has 18 nitrogen and oxygen atoms in total. The lowest BCUT2D eigenvalue weighted by atomic mass is 9.77. The van der Waals surface area contributed by atoms with Gasteiger partial charge in [-0.2, -0.15) is 0 Å². The van der Waals surface area contributed by atoms with Gasteiger partial charge in [-0.05, 0) is 118 Å². The number of cyclic esters (lactones) is 1. The number of nitrogens with zero attached hydrogens (tertiary/aromatic N) is 6. The first-order valence-electron chi connectivity index (χ1n) is 26.8. The van der Waals surface area contributed by atoms with Gasteiger partial charge in [-0.25, -0.2) is 0 Å². The molecule has 2 aromatic carbocycles. The van der Waals surface area contributed by atoms with Gasteiger partial charge in [0.05, 0.1) is 54.3 Å². The number of methoxy groups -OCH3 is 1. The molecular weight excluding hydrogens is 984 g/mol. The van der Waals surface area contributed by atoms with Crippen LogP contribution in [-0.2, 0) is 52.8 Å². The standard InChI is InChI=1S/C56H85ClN6O12/c1-14-45-56(10,69)49(65)36(6)62(30-38-15-17-39(18-16-38)42-31-63(59-58-42)24-23-61-22-21-40-26-41(57)19-20-43(40)61)29-32(2)27-54(8,68)51(75-53-47(64)44(60(11)12)25-33(3)71-53)34(4)48(35(5)52(67)73-45)74-46-28-55(9,70-13)50(66)37(7)72-46/h15-22,26,31-37,44-51,53,64-66,68-69H,14,23-25,27-30H2,1-13H3/t32-,33-,34+,35-,36-,37+,44+,45-,46+,47-,48+,49-,50+,51-,53+,54-,55-,56-/m1/s1. The summed E-state index contributed by atoms with van der Waals surface area (Å²) >= 11 is 6.21. The number of benzene rings is 2. The van der Waals surface area contributed by atoms with Gasteiger partial charge in [-0.15, -0.1) is 5.10 Å². The molecule has 0 amide bonds. The fourth-order valence-corrected chi connectivity index (χ4v) is 12.1. The number of carbonyl (C=O) groups excluding carboxylic acids is 1. The van der Waals surface area contributed by atoms with E-state index < -0.39 is 96.0 Å². The normalized spacial score (nSPS) is 38.1. The molecule has 75 heavy (non-hydrogen) atoms. The van der Waals surface area contributed by atoms with Crippen LogP contribution in [0.25, 0.3) is 22.2 Å². The zero-order valence-corrected chi connectivity index (χ0v) is 47.0. The summed E-state index contributed by atoms with van der Waals surface area (Å²) in [5.41, 5.74) is -1.04. The minimum Gasteiger partial charge on any atom is -0.459 e. The van der Waals surface area contributed by atoms with E-state index in [-0.39, 0.29) is 37.3 Å². The quantitative estimate of drug-likeness (QED) is 0.0966. The molecule has 3 saturated heterocycles. The highest BCUT2D eigenvalue weighted by Crippen LogP contribution is 2.41. The summed E-state index contributed by atoms with van der Waals surface area (Å²) in [5, 5.41) is 71.3. The molecule has 3 aliphatic heterocycles. The molecule has 0 aliphatic carbocycles. The van der Waals surface area contributed by atoms with Crippen molar-refractivity contribution < 1.29 is 58.7 Å². The van der Waals surface area contributed by atoms with Crippen LogP contribution in [0.15, 0.2) is 60.9 Å². The number of aliphatic hydroxyl groups is 5. The first-order valence-corrected chi connectivity index (χ1v) is 27.1. The van der Waals surface area contributed by atoms with E-state index in [2.05, 4.69) is 19.8 Å². The predicted octanol–water partition coefficient (Wildman–Crippen LogP) is 6.04. The number of hydrogen-bond donors (Lipinski definition) is 5. The minimum absolute atomic E-state index is 0.103. The van der Waals surface area contributed by atoms with Gasteiger partial charge in [-0.1, -0.05) is 61.9 Å². The zero-order chi connectivity index (χ0) is 54.9. The molecule has 5 heterocycles. The van der Waals surface area contributed by atoms with Gasteiger partial charge in [0.2, 0.25) is 0 Å². The highest BCUT2D eigenvalue weighted by Gasteiger charge is 2.53. The summed E-state index contributed by atoms with van der Waals surface area (Å²) in [5.74, 6) is -2.87. The number of carbonyl (C=O) groups is 1. The number of esters is 1. The van der Waals surface area contributed by atoms with Crippen molar-refractivity contribution in [2.24, 2.45) is 17.8 Å². The Balaban J connectivity index is 1.19. The number of ether oxygens (including phenoxy) is 6. The fourth-order valence-electron chi connectivity index (χ4n) is 11.9. The van der Waals surface area contributed by atoms with E-state index in [1.807, 2.05) is 112 Å². The third kappa shape index (κ3) is 13.3. The Morgan fingerprint density at radius 2 is 1.61 bits per heavy atom. The van der Waals surface area contributed by atoms with E-state index in [0.29, 0.717) is 37.6 Å². The maximum atomic E-state index is 14.7. The molecular formula is C56H85ClN6O12. The molecule has 0 bridgehead atoms. The molecule has 2 aromatic heterocycles. The lowest BCUT2D eigenvalue weighted by Crippen LogP contribution is -2.60. The number of aryl methyl sites for hydroxylation is 2. The number of aliphatic hydroxyl groups excluding tert-OH is 3. The average Bonchev–Trinajstić information content (AvgIpc) is 4.01. The van der Waals surface area contributed by atoms with Crippen LogP contribution >= 0.6 is 11.6 Å². The maximum Gasteiger partial charge on any atom is 0.311 e. The highest BCUT2D eigenvalue weighted by molar-refractivity contribution is 6.31. The third-order valence-corrected chi connectivity index (χ3v) is 16.7. The van der Waals surface area contributed by atoms with Crippen molar-refractivity contribution >= 4 is 28.5 Å². The second-order valence-electron chi connectivity index (χ2n) is 22.9. The van der Waals surface area contributed by atoms with Crippen LogP contribution in [0.5, 0.6) is 0 Å². The second-order valence-corrected chi connectivity index (χ2v) is 23.4. The highest BCUT2D eigenvalue weighted by atomic mass is 35.5. The van der Waals surface area contributed by atoms with Crippen LogP contribution in [0, 0.1) is 17.8 Å². The number of hydrogen-bond acceptors (Lipinski definition) is 16. The molecule has 4 aromatic rings. The van der Waals surface area contributed by atoms with Crippen molar-refractivity contribution in [3.05, 3.63) is 71.5 Å². The van der Waals surface area contributed by atoms with Gasteiger partial charge in [0.1, 0.15) is 35.7 Å². The van der Waals surface area contributed by atoms with E-state index in [1.54, 1.807) is 34.6 Å². The second kappa shape index (κ2) is 24.2. The van der Waals surface area contributed by atoms with E-state index in [1.165, 1.54) is 14.0 Å². The molecule has 0 spiro atoms. The summed E-state index contributed by atoms with van der Waals surface area (Å²) in [7, 11) is 5.28. The van der Waals surface area contributed by atoms with E-state index in [9.17, 15) is 30.3 Å². The molecule has 3 aliphatic rings. The zero-order valence-electron chi connectivity index (χ0n) is 46.2. The molecule has 0 radical (unpaired) electrons. The lowest BCUT2D eigenvalue weighted by molar-refractivity contribution is -0.318. The fraction of sp³-hybridized carbons (Fsp3) is 0.696. The molecule has 19 heteroatoms. The Morgan fingerprint density at radius 1 is 0.907 bits per heavy atom. The van der Waals surface area contributed by atoms with Crippen molar-refractivity contribution in [1.82, 2.24) is 29.4 Å². The van der Waals surface area contributed by atoms with Crippen molar-refractivity contribution in [3.63, 3.8) is 0 Å². The van der Waals surface area contributed by atoms with Crippen molar-refractivity contribution in [1.29, 1.82) is 0 Å². The summed E-state index contributed by atoms with van der Waals surface area (Å²) < 4.78 is 42.4. The Hall–Kier alpha value is -3.60. The van der Waals surface area contributed by atoms with Crippen LogP contribution in [-0.4, -0.2) is 179 Å². The molecule has 3 fully saturated rings. The van der Waals surface area contributed by atoms with Crippen LogP contribution < -0.4 is 0 Å². The van der Waals surface area contributed by atoms with E-state index in [4.69, 9.17) is 40.0 Å². The molecule has 418 valence electrons. The lowest BCUT2D eigenvalue weighted by Gasteiger charge is -2.48. The molecule has 5 N–H and O–H groups in total. The number of aromatic nitrogens is 4. The number of likely N-dealkylation sites (N-methyl/N-ethyl adjacent to an activating group) is 1. The van der Waals surface area contributed by atoms with E-state index in [0.717, 1.165) is 27.7 Å². The van der Waals surface area contributed by atoms with Crippen molar-refractivity contribution in [3.8, 4) is 11.3 Å². The summed E-state index contributed by atoms with van der Waals surface area (Å²) in [6.07, 6.45) is -5.04. The van der Waals surface area contributed by atoms with Gasteiger partial charge in [0, 0.05) is 78.9 Å². The van der Waals surface area contributed by atoms with Crippen LogP contribution in [0.1, 0.15) is 100 Å². The molecule has 0 saturated carbocycles. The number of halogens is 1. The van der Waals surface area contributed by atoms with Crippen molar-refractivity contribution in [2.45, 2.75) is 205 Å². The SMILES string of the molecule is CC[C@H]1OC(=O)[C@H](C)[C@@H](O[C@H]2C[C@@](C)(OC)[C@@H](O)[C@H](C)O2)[C@H](C)[C@@H](O[C@@H]2O[C@H](C)C[C@H](N(C)C)[C@H]2O)[C@](C)(O)C[C@@H](C)CN(Cc2ccc(-c3cn(CCn4ccc5cc(Cl)ccc54)nn3)cc2)[C@H](C)[C@@H](O)[C@]1(C)O. The first-order chi connectivity index (χ1) is 35.3. The van der Waals surface area contributed by atoms with Crippen LogP contribution in [0.2, 0.25) is 5.02 Å². The number of rotatable bonds is 13. The van der Waals surface area contributed by atoms with Gasteiger partial charge in [0.25, 0.3) is 0 Å². The maximum absolute atomic E-state index is 14.7. The van der Waals surface area contributed by atoms with Gasteiger partial charge in [0.15, 0.2) is 12.6 Å². The Labute approximate surface area is 448 Å². The van der Waals surface area contributed by atoms with Crippen LogP contribution in [0.3, 0.4) is 0 Å². The predicted molar refractivity (Wildman–Crippen MR) is 284 cm³/mol. The van der Waals surface area contributed by atoms with Crippen molar-refractivity contribution in [2.75, 3.05) is 27.7 Å². The van der Waals surface area contributed by atoms with Gasteiger partial charge < -0.3 is 63.4 Å². The monoisotopic (exact) mass is 1070 g/mol. The molecule has 0 unspecified atom stereocenters. The van der Waals surface area contributed by atoms with Crippen LogP contribution in [0.4, 0.5) is 0 Å². The van der Waals surface area contributed by atoms with Gasteiger partial charge in [-0.3, -0.25) is 14.4 Å². The third-order valence-electron chi connectivity index (χ3n) is 16.5. The summed E-state index contributed by atoms with van der Waals surface area (Å²) in [4.78, 5) is 18.7. The Morgan fingerprint density at radius 3 is 2.28 bits per heavy atom. The topological polar surface area (TPSA) is 216 Å². The Kier molecular flexibility index (Phi) is 19.0. The van der Waals surface area contributed by atoms with Gasteiger partial charge >= 0.3 is 5.97 Å². The smallest absolute Gasteiger partial charge is 0.311 e. The average molecular weight is 1070 g/mol. The Bertz CT molecular complexity index is 2490. The first kappa shape index (κ1) is 59.1. The summed E-state index contributed by atoms with van der Waals surface area (Å²) in [6.45, 7) is 19.7. The summed E-state index contributed by atoms with van der Waals surface area (Å²) in [6, 6.07) is 14.9.